The lowest BCUT2D eigenvalue weighted by molar-refractivity contribution is -0.906. The molecule has 0 unspecified atom stereocenters. The fourth-order valence-corrected chi connectivity index (χ4v) is 2.47. The van der Waals surface area contributed by atoms with Gasteiger partial charge in [-0.3, -0.25) is 9.59 Å². The molecule has 0 aromatic heterocycles. The molecule has 0 atom stereocenters. The Morgan fingerprint density at radius 3 is 2.64 bits per heavy atom. The minimum Gasteiger partial charge on any atom is -0.370 e. The Morgan fingerprint density at radius 2 is 1.91 bits per heavy atom. The molecule has 1 aromatic rings. The fraction of sp³-hybridized carbons (Fsp3) is 0.500. The molecule has 3 N–H and O–H groups in total. The van der Waals surface area contributed by atoms with Crippen LogP contribution < -0.4 is 15.5 Å². The summed E-state index contributed by atoms with van der Waals surface area (Å²) in [5.41, 5.74) is 1.71. The number of amides is 2. The van der Waals surface area contributed by atoms with Crippen LogP contribution in [0.5, 0.6) is 0 Å². The smallest absolute Gasteiger partial charge is 0.313 e. The van der Waals surface area contributed by atoms with Gasteiger partial charge in [0.1, 0.15) is 13.1 Å². The van der Waals surface area contributed by atoms with Crippen LogP contribution in [0.2, 0.25) is 0 Å². The zero-order valence-electron chi connectivity index (χ0n) is 13.0. The van der Waals surface area contributed by atoms with Gasteiger partial charge in [-0.25, -0.2) is 0 Å². The number of anilines is 1. The third-order valence-corrected chi connectivity index (χ3v) is 3.82. The van der Waals surface area contributed by atoms with Crippen molar-refractivity contribution in [3.63, 3.8) is 0 Å². The Labute approximate surface area is 130 Å². The number of benzene rings is 1. The molecule has 22 heavy (non-hydrogen) atoms. The molecule has 0 bridgehead atoms. The van der Waals surface area contributed by atoms with Crippen molar-refractivity contribution in [3.05, 3.63) is 29.8 Å². The number of para-hydroxylation sites is 1. The molecule has 6 heteroatoms. The maximum atomic E-state index is 11.9. The highest BCUT2D eigenvalue weighted by Gasteiger charge is 2.17. The summed E-state index contributed by atoms with van der Waals surface area (Å²) < 4.78 is 5.28. The Bertz CT molecular complexity index is 513. The van der Waals surface area contributed by atoms with Crippen LogP contribution in [-0.4, -0.2) is 51.2 Å². The number of nitrogens with one attached hydrogen (secondary N) is 3. The van der Waals surface area contributed by atoms with E-state index < -0.39 is 11.8 Å². The van der Waals surface area contributed by atoms with Crippen molar-refractivity contribution in [3.8, 4) is 0 Å². The minimum atomic E-state index is -0.613. The van der Waals surface area contributed by atoms with Gasteiger partial charge in [0.15, 0.2) is 0 Å². The van der Waals surface area contributed by atoms with Gasteiger partial charge >= 0.3 is 11.8 Å². The lowest BCUT2D eigenvalue weighted by Gasteiger charge is -2.23. The second-order valence-corrected chi connectivity index (χ2v) is 5.33. The van der Waals surface area contributed by atoms with Crippen LogP contribution in [0.15, 0.2) is 24.3 Å². The summed E-state index contributed by atoms with van der Waals surface area (Å²) in [4.78, 5) is 25.1. The molecule has 1 aliphatic rings. The summed E-state index contributed by atoms with van der Waals surface area (Å²) in [6.07, 6.45) is 0.804. The minimum absolute atomic E-state index is 0.497. The molecule has 6 nitrogen and oxygen atoms in total. The largest absolute Gasteiger partial charge is 0.370 e. The molecule has 2 rings (SSSR count). The van der Waals surface area contributed by atoms with Crippen LogP contribution in [-0.2, 0) is 20.7 Å². The zero-order valence-corrected chi connectivity index (χ0v) is 13.0. The summed E-state index contributed by atoms with van der Waals surface area (Å²) >= 11 is 0. The van der Waals surface area contributed by atoms with E-state index in [-0.39, 0.29) is 0 Å². The average molecular weight is 306 g/mol. The highest BCUT2D eigenvalue weighted by Crippen LogP contribution is 2.14. The number of hydrogen-bond acceptors (Lipinski definition) is 3. The predicted octanol–water partition coefficient (Wildman–Crippen LogP) is -0.781. The van der Waals surface area contributed by atoms with Crippen LogP contribution in [0, 0.1) is 0 Å². The van der Waals surface area contributed by atoms with Crippen molar-refractivity contribution in [1.29, 1.82) is 0 Å². The Kier molecular flexibility index (Phi) is 6.36. The maximum Gasteiger partial charge on any atom is 0.313 e. The van der Waals surface area contributed by atoms with Gasteiger partial charge in [-0.05, 0) is 18.1 Å². The number of aryl methyl sites for hydroxylation is 1. The second-order valence-electron chi connectivity index (χ2n) is 5.33. The molecule has 0 radical (unpaired) electrons. The number of morpholine rings is 1. The average Bonchev–Trinajstić information content (AvgIpc) is 2.56. The van der Waals surface area contributed by atoms with E-state index in [0.717, 1.165) is 44.8 Å². The molecule has 0 spiro atoms. The maximum absolute atomic E-state index is 11.9. The Hall–Kier alpha value is -1.92. The van der Waals surface area contributed by atoms with E-state index in [0.29, 0.717) is 12.2 Å². The van der Waals surface area contributed by atoms with Crippen LogP contribution >= 0.6 is 0 Å². The van der Waals surface area contributed by atoms with Crippen molar-refractivity contribution in [2.75, 3.05) is 44.7 Å². The third kappa shape index (κ3) is 4.82. The van der Waals surface area contributed by atoms with E-state index in [1.807, 2.05) is 31.2 Å². The molecule has 1 aliphatic heterocycles. The Balaban J connectivity index is 1.75. The fourth-order valence-electron chi connectivity index (χ4n) is 2.47. The molecule has 120 valence electrons. The molecule has 0 saturated carbocycles. The number of rotatable bonds is 5. The zero-order chi connectivity index (χ0) is 15.8. The van der Waals surface area contributed by atoms with Crippen molar-refractivity contribution in [2.45, 2.75) is 13.3 Å². The van der Waals surface area contributed by atoms with Crippen molar-refractivity contribution in [2.24, 2.45) is 0 Å². The summed E-state index contributed by atoms with van der Waals surface area (Å²) in [7, 11) is 0. The van der Waals surface area contributed by atoms with E-state index in [4.69, 9.17) is 4.74 Å². The normalized spacial score (nSPS) is 15.3. The van der Waals surface area contributed by atoms with E-state index in [2.05, 4.69) is 10.6 Å². The number of carbonyl (C=O) groups is 2. The first-order valence-corrected chi connectivity index (χ1v) is 7.79. The third-order valence-electron chi connectivity index (χ3n) is 3.82. The van der Waals surface area contributed by atoms with Crippen LogP contribution in [0.4, 0.5) is 5.69 Å². The lowest BCUT2D eigenvalue weighted by Crippen LogP contribution is -3.14. The van der Waals surface area contributed by atoms with Gasteiger partial charge < -0.3 is 20.3 Å². The molecule has 1 fully saturated rings. The van der Waals surface area contributed by atoms with Crippen molar-refractivity contribution >= 4 is 17.5 Å². The van der Waals surface area contributed by atoms with Gasteiger partial charge in [-0.2, -0.15) is 0 Å². The first kappa shape index (κ1) is 16.5. The van der Waals surface area contributed by atoms with E-state index >= 15 is 0 Å². The molecule has 1 heterocycles. The van der Waals surface area contributed by atoms with Crippen LogP contribution in [0.25, 0.3) is 0 Å². The van der Waals surface area contributed by atoms with Gasteiger partial charge in [0.25, 0.3) is 0 Å². The highest BCUT2D eigenvalue weighted by molar-refractivity contribution is 6.39. The van der Waals surface area contributed by atoms with E-state index in [9.17, 15) is 9.59 Å². The Morgan fingerprint density at radius 1 is 1.18 bits per heavy atom. The number of hydrogen-bond donors (Lipinski definition) is 3. The van der Waals surface area contributed by atoms with E-state index in [1.165, 1.54) is 4.90 Å². The summed E-state index contributed by atoms with van der Waals surface area (Å²) in [5.74, 6) is -1.20. The molecule has 1 aromatic carbocycles. The molecule has 1 saturated heterocycles. The predicted molar refractivity (Wildman–Crippen MR) is 83.8 cm³/mol. The molecular weight excluding hydrogens is 282 g/mol. The molecular formula is C16H24N3O3+. The first-order valence-electron chi connectivity index (χ1n) is 7.79. The molecule has 2 amide bonds. The quantitative estimate of drug-likeness (QED) is 0.625. The molecule has 0 aliphatic carbocycles. The lowest BCUT2D eigenvalue weighted by atomic mass is 10.1. The number of carbonyl (C=O) groups excluding carboxylic acids is 2. The van der Waals surface area contributed by atoms with Gasteiger partial charge in [0.05, 0.1) is 26.3 Å². The van der Waals surface area contributed by atoms with Gasteiger partial charge in [-0.15, -0.1) is 0 Å². The highest BCUT2D eigenvalue weighted by atomic mass is 16.5. The number of quaternary nitrogens is 1. The monoisotopic (exact) mass is 306 g/mol. The first-order chi connectivity index (χ1) is 10.7. The topological polar surface area (TPSA) is 71.9 Å². The standard InChI is InChI=1S/C16H23N3O3/c1-2-13-5-3-4-6-14(13)18-16(21)15(20)17-7-8-19-9-11-22-12-10-19/h3-6H,2,7-12H2,1H3,(H,17,20)(H,18,21)/p+1. The SMILES string of the molecule is CCc1ccccc1NC(=O)C(=O)NCC[NH+]1CCOCC1. The van der Waals surface area contributed by atoms with Crippen LogP contribution in [0.3, 0.4) is 0 Å². The van der Waals surface area contributed by atoms with E-state index in [1.54, 1.807) is 0 Å². The number of ether oxygens (including phenoxy) is 1. The van der Waals surface area contributed by atoms with Crippen molar-refractivity contribution < 1.29 is 19.2 Å². The second kappa shape index (κ2) is 8.51. The van der Waals surface area contributed by atoms with Gasteiger partial charge in [0, 0.05) is 5.69 Å². The van der Waals surface area contributed by atoms with Crippen LogP contribution in [0.1, 0.15) is 12.5 Å². The van der Waals surface area contributed by atoms with Gasteiger partial charge in [-0.1, -0.05) is 25.1 Å². The van der Waals surface area contributed by atoms with Gasteiger partial charge in [0.2, 0.25) is 0 Å². The summed E-state index contributed by atoms with van der Waals surface area (Å²) in [5, 5.41) is 5.35. The van der Waals surface area contributed by atoms with Crippen molar-refractivity contribution in [1.82, 2.24) is 5.32 Å². The summed E-state index contributed by atoms with van der Waals surface area (Å²) in [6.45, 7) is 6.74. The summed E-state index contributed by atoms with van der Waals surface area (Å²) in [6, 6.07) is 7.51.